The molecule has 32 heavy (non-hydrogen) atoms. The maximum atomic E-state index is 9.62. The van der Waals surface area contributed by atoms with Crippen molar-refractivity contribution in [2.45, 2.75) is 54.9 Å². The molecular weight excluding hydrogens is 416 g/mol. The summed E-state index contributed by atoms with van der Waals surface area (Å²) in [7, 11) is 0. The summed E-state index contributed by atoms with van der Waals surface area (Å²) in [6.07, 6.45) is 11.7. The van der Waals surface area contributed by atoms with E-state index in [4.69, 9.17) is 5.10 Å². The number of nitriles is 2. The molecule has 1 aliphatic carbocycles. The molecule has 6 nitrogen and oxygen atoms in total. The molecule has 0 amide bonds. The van der Waals surface area contributed by atoms with E-state index < -0.39 is 0 Å². The summed E-state index contributed by atoms with van der Waals surface area (Å²) in [6, 6.07) is 14.6. The van der Waals surface area contributed by atoms with Crippen LogP contribution in [0.4, 0.5) is 0 Å². The molecule has 0 bridgehead atoms. The van der Waals surface area contributed by atoms with E-state index in [0.717, 1.165) is 32.1 Å². The van der Waals surface area contributed by atoms with Gasteiger partial charge in [-0.2, -0.15) is 20.7 Å². The molecule has 7 heteroatoms. The molecule has 0 saturated heterocycles. The molecule has 1 aromatic carbocycles. The Morgan fingerprint density at radius 3 is 2.53 bits per heavy atom. The van der Waals surface area contributed by atoms with Crippen molar-refractivity contribution in [3.8, 4) is 23.3 Å². The number of nitrogens with zero attached hydrogens (tertiary/aromatic N) is 6. The highest BCUT2D eigenvalue weighted by molar-refractivity contribution is 7.99. The van der Waals surface area contributed by atoms with Crippen LogP contribution < -0.4 is 0 Å². The Balaban J connectivity index is 1.62. The monoisotopic (exact) mass is 438 g/mol. The molecule has 0 N–H and O–H groups in total. The summed E-state index contributed by atoms with van der Waals surface area (Å²) in [5, 5.41) is 28.3. The number of fused-ring (bicyclic) bond motifs is 1. The fraction of sp³-hybridized carbons (Fsp3) is 0.280. The summed E-state index contributed by atoms with van der Waals surface area (Å²) >= 11 is 1.49. The van der Waals surface area contributed by atoms with E-state index in [9.17, 15) is 10.5 Å². The highest BCUT2D eigenvalue weighted by atomic mass is 32.2. The number of hydrogen-bond acceptors (Lipinski definition) is 5. The largest absolute Gasteiger partial charge is 0.266 e. The van der Waals surface area contributed by atoms with Crippen molar-refractivity contribution in [3.63, 3.8) is 0 Å². The van der Waals surface area contributed by atoms with Crippen LogP contribution in [0.2, 0.25) is 0 Å². The van der Waals surface area contributed by atoms with Crippen LogP contribution in [0, 0.1) is 29.6 Å². The van der Waals surface area contributed by atoms with Crippen molar-refractivity contribution in [1.82, 2.24) is 19.4 Å². The van der Waals surface area contributed by atoms with Gasteiger partial charge in [0, 0.05) is 32.8 Å². The molecule has 1 saturated carbocycles. The first-order valence-electron chi connectivity index (χ1n) is 10.8. The third kappa shape index (κ3) is 3.55. The zero-order chi connectivity index (χ0) is 22.1. The molecule has 4 aromatic rings. The molecule has 3 aromatic heterocycles. The summed E-state index contributed by atoms with van der Waals surface area (Å²) in [5.74, 6) is 0. The minimum absolute atomic E-state index is 0.465. The van der Waals surface area contributed by atoms with Crippen LogP contribution in [0.5, 0.6) is 0 Å². The average molecular weight is 439 g/mol. The SMILES string of the molecule is Cc1c(-c2cc(Sc3ccccc3C#N)c3c(C#N)cnn3c2)cnn1C1CCCCC1. The summed E-state index contributed by atoms with van der Waals surface area (Å²) in [6.45, 7) is 2.13. The Kier molecular flexibility index (Phi) is 5.43. The van der Waals surface area contributed by atoms with Crippen LogP contribution >= 0.6 is 11.8 Å². The molecule has 0 spiro atoms. The second kappa shape index (κ2) is 8.53. The van der Waals surface area contributed by atoms with Crippen molar-refractivity contribution in [3.05, 3.63) is 65.7 Å². The van der Waals surface area contributed by atoms with Crippen LogP contribution in [-0.4, -0.2) is 19.4 Å². The first kappa shape index (κ1) is 20.4. The van der Waals surface area contributed by atoms with Gasteiger partial charge in [-0.15, -0.1) is 0 Å². The lowest BCUT2D eigenvalue weighted by atomic mass is 9.95. The zero-order valence-corrected chi connectivity index (χ0v) is 18.6. The standard InChI is InChI=1S/C25H22N6S/c1-17-22(15-29-31(17)21-8-3-2-4-9-21)19-11-24(25-20(13-27)14-28-30(25)16-19)32-23-10-6-5-7-18(23)12-26/h5-7,10-11,14-16,21H,2-4,8-9H2,1H3. The van der Waals surface area contributed by atoms with Gasteiger partial charge in [-0.1, -0.05) is 43.2 Å². The number of aromatic nitrogens is 4. The molecular formula is C25H22N6S. The van der Waals surface area contributed by atoms with Crippen molar-refractivity contribution < 1.29 is 0 Å². The Labute approximate surface area is 191 Å². The van der Waals surface area contributed by atoms with E-state index in [1.807, 2.05) is 36.7 Å². The third-order valence-electron chi connectivity index (χ3n) is 6.20. The Bertz CT molecular complexity index is 1380. The van der Waals surface area contributed by atoms with Gasteiger partial charge in [-0.3, -0.25) is 4.68 Å². The highest BCUT2D eigenvalue weighted by Crippen LogP contribution is 2.38. The van der Waals surface area contributed by atoms with Crippen molar-refractivity contribution >= 4 is 17.3 Å². The second-order valence-corrected chi connectivity index (χ2v) is 9.23. The quantitative estimate of drug-likeness (QED) is 0.396. The van der Waals surface area contributed by atoms with Gasteiger partial charge < -0.3 is 0 Å². The average Bonchev–Trinajstić information content (AvgIpc) is 3.43. The Hall–Kier alpha value is -3.55. The number of benzene rings is 1. The molecule has 1 fully saturated rings. The van der Waals surface area contributed by atoms with Crippen LogP contribution in [0.15, 0.2) is 58.7 Å². The van der Waals surface area contributed by atoms with Crippen molar-refractivity contribution in [2.24, 2.45) is 0 Å². The van der Waals surface area contributed by atoms with Gasteiger partial charge in [0.05, 0.1) is 35.1 Å². The van der Waals surface area contributed by atoms with Gasteiger partial charge in [0.1, 0.15) is 12.1 Å². The minimum Gasteiger partial charge on any atom is -0.266 e. The lowest BCUT2D eigenvalue weighted by molar-refractivity contribution is 0.325. The molecule has 5 rings (SSSR count). The van der Waals surface area contributed by atoms with Crippen LogP contribution in [0.1, 0.15) is 55.0 Å². The predicted molar refractivity (Wildman–Crippen MR) is 123 cm³/mol. The van der Waals surface area contributed by atoms with Gasteiger partial charge in [0.25, 0.3) is 0 Å². The van der Waals surface area contributed by atoms with Gasteiger partial charge >= 0.3 is 0 Å². The maximum Gasteiger partial charge on any atom is 0.103 e. The molecule has 0 radical (unpaired) electrons. The normalized spacial score (nSPS) is 14.3. The summed E-state index contributed by atoms with van der Waals surface area (Å²) in [4.78, 5) is 1.75. The molecule has 158 valence electrons. The topological polar surface area (TPSA) is 82.7 Å². The molecule has 0 atom stereocenters. The van der Waals surface area contributed by atoms with E-state index in [1.165, 1.54) is 43.9 Å². The predicted octanol–water partition coefficient (Wildman–Crippen LogP) is 5.91. The lowest BCUT2D eigenvalue weighted by Crippen LogP contribution is -2.15. The van der Waals surface area contributed by atoms with Crippen molar-refractivity contribution in [1.29, 1.82) is 10.5 Å². The van der Waals surface area contributed by atoms with Gasteiger partial charge in [0.2, 0.25) is 0 Å². The lowest BCUT2D eigenvalue weighted by Gasteiger charge is -2.23. The first-order valence-corrected chi connectivity index (χ1v) is 11.6. The molecule has 3 heterocycles. The maximum absolute atomic E-state index is 9.62. The van der Waals surface area contributed by atoms with E-state index in [0.29, 0.717) is 17.2 Å². The Morgan fingerprint density at radius 1 is 0.969 bits per heavy atom. The third-order valence-corrected chi connectivity index (χ3v) is 7.31. The number of rotatable bonds is 4. The first-order chi connectivity index (χ1) is 15.7. The smallest absolute Gasteiger partial charge is 0.103 e. The fourth-order valence-electron chi connectivity index (χ4n) is 4.56. The number of hydrogen-bond donors (Lipinski definition) is 0. The number of pyridine rings is 1. The van der Waals surface area contributed by atoms with E-state index in [1.54, 1.807) is 10.7 Å². The van der Waals surface area contributed by atoms with Gasteiger partial charge in [0.15, 0.2) is 0 Å². The summed E-state index contributed by atoms with van der Waals surface area (Å²) in [5.41, 5.74) is 5.11. The van der Waals surface area contributed by atoms with Gasteiger partial charge in [-0.05, 0) is 38.0 Å². The van der Waals surface area contributed by atoms with Crippen LogP contribution in [-0.2, 0) is 0 Å². The Morgan fingerprint density at radius 2 is 1.75 bits per heavy atom. The zero-order valence-electron chi connectivity index (χ0n) is 17.8. The fourth-order valence-corrected chi connectivity index (χ4v) is 5.65. The minimum atomic E-state index is 0.465. The molecule has 0 unspecified atom stereocenters. The van der Waals surface area contributed by atoms with Crippen LogP contribution in [0.25, 0.3) is 16.6 Å². The second-order valence-electron chi connectivity index (χ2n) is 8.15. The molecule has 1 aliphatic rings. The van der Waals surface area contributed by atoms with E-state index in [2.05, 4.69) is 34.9 Å². The highest BCUT2D eigenvalue weighted by Gasteiger charge is 2.21. The summed E-state index contributed by atoms with van der Waals surface area (Å²) < 4.78 is 3.95. The molecule has 0 aliphatic heterocycles. The van der Waals surface area contributed by atoms with E-state index in [-0.39, 0.29) is 0 Å². The van der Waals surface area contributed by atoms with E-state index >= 15 is 0 Å². The van der Waals surface area contributed by atoms with Crippen LogP contribution in [0.3, 0.4) is 0 Å². The van der Waals surface area contributed by atoms with Gasteiger partial charge in [-0.25, -0.2) is 4.52 Å². The van der Waals surface area contributed by atoms with Crippen molar-refractivity contribution in [2.75, 3.05) is 0 Å².